The predicted octanol–water partition coefficient (Wildman–Crippen LogP) is 3.92. The van der Waals surface area contributed by atoms with Crippen LogP contribution in [0.25, 0.3) is 10.2 Å². The van der Waals surface area contributed by atoms with Gasteiger partial charge in [0.05, 0.1) is 26.9 Å². The van der Waals surface area contributed by atoms with Crippen molar-refractivity contribution in [3.63, 3.8) is 0 Å². The van der Waals surface area contributed by atoms with Crippen molar-refractivity contribution in [3.8, 4) is 6.07 Å². The largest absolute Gasteiger partial charge is 0.374 e. The number of aryl methyl sites for hydroxylation is 1. The van der Waals surface area contributed by atoms with Gasteiger partial charge in [0.25, 0.3) is 0 Å². The van der Waals surface area contributed by atoms with E-state index in [-0.39, 0.29) is 5.91 Å². The number of nitrogens with zero attached hydrogens (tertiary/aromatic N) is 2. The lowest BCUT2D eigenvalue weighted by atomic mass is 10.2. The highest BCUT2D eigenvalue weighted by Crippen LogP contribution is 2.25. The topological polar surface area (TPSA) is 77.8 Å². The van der Waals surface area contributed by atoms with Crippen molar-refractivity contribution in [3.05, 3.63) is 53.0 Å². The van der Waals surface area contributed by atoms with Gasteiger partial charge in [0.15, 0.2) is 0 Å². The van der Waals surface area contributed by atoms with E-state index in [0.717, 1.165) is 20.9 Å². The standard InChI is InChI=1S/C18H16N4OS/c1-11(18(23)22-14-5-3-4-13(8-14)10-19)20-15-6-7-16-17(9-15)24-12(2)21-16/h3-9,11,20H,1-2H3,(H,22,23)/t11-/m0/s1. The van der Waals surface area contributed by atoms with Gasteiger partial charge in [0.2, 0.25) is 5.91 Å². The molecule has 0 unspecified atom stereocenters. The molecule has 0 bridgehead atoms. The summed E-state index contributed by atoms with van der Waals surface area (Å²) in [5, 5.41) is 15.9. The Morgan fingerprint density at radius 3 is 2.88 bits per heavy atom. The van der Waals surface area contributed by atoms with Crippen molar-refractivity contribution in [2.45, 2.75) is 19.9 Å². The summed E-state index contributed by atoms with van der Waals surface area (Å²) in [6, 6.07) is 14.4. The van der Waals surface area contributed by atoms with E-state index in [1.54, 1.807) is 42.5 Å². The number of carbonyl (C=O) groups is 1. The lowest BCUT2D eigenvalue weighted by Crippen LogP contribution is -2.31. The molecule has 0 saturated carbocycles. The van der Waals surface area contributed by atoms with Gasteiger partial charge in [-0.25, -0.2) is 4.98 Å². The summed E-state index contributed by atoms with van der Waals surface area (Å²) >= 11 is 1.63. The van der Waals surface area contributed by atoms with E-state index in [4.69, 9.17) is 5.26 Å². The zero-order chi connectivity index (χ0) is 17.1. The van der Waals surface area contributed by atoms with Crippen molar-refractivity contribution in [2.75, 3.05) is 10.6 Å². The van der Waals surface area contributed by atoms with Crippen LogP contribution < -0.4 is 10.6 Å². The minimum atomic E-state index is -0.415. The Labute approximate surface area is 144 Å². The second kappa shape index (κ2) is 6.69. The minimum absolute atomic E-state index is 0.161. The van der Waals surface area contributed by atoms with E-state index in [1.807, 2.05) is 25.1 Å². The lowest BCUT2D eigenvalue weighted by molar-refractivity contribution is -0.116. The number of nitrogens with one attached hydrogen (secondary N) is 2. The Hall–Kier alpha value is -2.91. The third kappa shape index (κ3) is 3.53. The number of amides is 1. The van der Waals surface area contributed by atoms with Crippen LogP contribution in [0.15, 0.2) is 42.5 Å². The quantitative estimate of drug-likeness (QED) is 0.757. The van der Waals surface area contributed by atoms with Gasteiger partial charge in [-0.2, -0.15) is 5.26 Å². The molecule has 6 heteroatoms. The molecule has 1 aromatic heterocycles. The van der Waals surface area contributed by atoms with Crippen LogP contribution in [-0.2, 0) is 4.79 Å². The Kier molecular flexibility index (Phi) is 4.45. The number of thiazole rings is 1. The van der Waals surface area contributed by atoms with Crippen LogP contribution in [0.2, 0.25) is 0 Å². The maximum absolute atomic E-state index is 12.3. The van der Waals surface area contributed by atoms with E-state index < -0.39 is 6.04 Å². The summed E-state index contributed by atoms with van der Waals surface area (Å²) in [7, 11) is 0. The fraction of sp³-hybridized carbons (Fsp3) is 0.167. The van der Waals surface area contributed by atoms with E-state index in [0.29, 0.717) is 11.3 Å². The molecule has 120 valence electrons. The van der Waals surface area contributed by atoms with E-state index in [2.05, 4.69) is 21.7 Å². The zero-order valence-electron chi connectivity index (χ0n) is 13.3. The molecular weight excluding hydrogens is 320 g/mol. The fourth-order valence-corrected chi connectivity index (χ4v) is 3.23. The van der Waals surface area contributed by atoms with Gasteiger partial charge >= 0.3 is 0 Å². The van der Waals surface area contributed by atoms with Gasteiger partial charge in [-0.05, 0) is 50.2 Å². The van der Waals surface area contributed by atoms with E-state index in [1.165, 1.54) is 0 Å². The van der Waals surface area contributed by atoms with Crippen LogP contribution in [0.3, 0.4) is 0 Å². The molecule has 0 saturated heterocycles. The van der Waals surface area contributed by atoms with Gasteiger partial charge in [-0.3, -0.25) is 4.79 Å². The van der Waals surface area contributed by atoms with Crippen molar-refractivity contribution >= 4 is 38.8 Å². The average molecular weight is 336 g/mol. The van der Waals surface area contributed by atoms with Crippen LogP contribution >= 0.6 is 11.3 Å². The van der Waals surface area contributed by atoms with Crippen molar-refractivity contribution in [1.82, 2.24) is 4.98 Å². The molecule has 0 aliphatic carbocycles. The molecule has 1 atom stereocenters. The molecule has 24 heavy (non-hydrogen) atoms. The molecule has 0 radical (unpaired) electrons. The molecule has 3 rings (SSSR count). The SMILES string of the molecule is Cc1nc2ccc(N[C@@H](C)C(=O)Nc3cccc(C#N)c3)cc2s1. The van der Waals surface area contributed by atoms with Gasteiger partial charge in [0, 0.05) is 11.4 Å². The Balaban J connectivity index is 1.69. The number of benzene rings is 2. The van der Waals surface area contributed by atoms with Gasteiger partial charge in [0.1, 0.15) is 6.04 Å². The molecule has 3 aromatic rings. The van der Waals surface area contributed by atoms with Crippen molar-refractivity contribution < 1.29 is 4.79 Å². The fourth-order valence-electron chi connectivity index (χ4n) is 2.36. The number of rotatable bonds is 4. The second-order valence-electron chi connectivity index (χ2n) is 5.46. The van der Waals surface area contributed by atoms with Gasteiger partial charge in [-0.15, -0.1) is 11.3 Å². The minimum Gasteiger partial charge on any atom is -0.374 e. The highest BCUT2D eigenvalue weighted by atomic mass is 32.1. The average Bonchev–Trinajstić information content (AvgIpc) is 2.94. The molecule has 0 spiro atoms. The monoisotopic (exact) mass is 336 g/mol. The first-order valence-corrected chi connectivity index (χ1v) is 8.31. The first kappa shape index (κ1) is 16.0. The predicted molar refractivity (Wildman–Crippen MR) is 97.2 cm³/mol. The molecule has 0 aliphatic rings. The highest BCUT2D eigenvalue weighted by molar-refractivity contribution is 7.18. The van der Waals surface area contributed by atoms with Gasteiger partial charge < -0.3 is 10.6 Å². The summed E-state index contributed by atoms with van der Waals surface area (Å²) in [6.07, 6.45) is 0. The highest BCUT2D eigenvalue weighted by Gasteiger charge is 2.13. The summed E-state index contributed by atoms with van der Waals surface area (Å²) < 4.78 is 1.09. The molecule has 2 aromatic carbocycles. The number of anilines is 2. The number of hydrogen-bond acceptors (Lipinski definition) is 5. The lowest BCUT2D eigenvalue weighted by Gasteiger charge is -2.15. The summed E-state index contributed by atoms with van der Waals surface area (Å²) in [4.78, 5) is 16.7. The number of carbonyl (C=O) groups excluding carboxylic acids is 1. The van der Waals surface area contributed by atoms with Gasteiger partial charge in [-0.1, -0.05) is 6.07 Å². The van der Waals surface area contributed by atoms with Crippen molar-refractivity contribution in [1.29, 1.82) is 5.26 Å². The van der Waals surface area contributed by atoms with Crippen LogP contribution in [0.4, 0.5) is 11.4 Å². The number of fused-ring (bicyclic) bond motifs is 1. The van der Waals surface area contributed by atoms with Crippen LogP contribution in [0.5, 0.6) is 0 Å². The van der Waals surface area contributed by atoms with Crippen LogP contribution in [0.1, 0.15) is 17.5 Å². The molecule has 2 N–H and O–H groups in total. The zero-order valence-corrected chi connectivity index (χ0v) is 14.1. The van der Waals surface area contributed by atoms with Crippen LogP contribution in [-0.4, -0.2) is 16.9 Å². The smallest absolute Gasteiger partial charge is 0.246 e. The summed E-state index contributed by atoms with van der Waals surface area (Å²) in [5.41, 5.74) is 2.97. The Morgan fingerprint density at radius 1 is 1.25 bits per heavy atom. The normalized spacial score (nSPS) is 11.7. The first-order valence-electron chi connectivity index (χ1n) is 7.50. The van der Waals surface area contributed by atoms with Crippen molar-refractivity contribution in [2.24, 2.45) is 0 Å². The molecular formula is C18H16N4OS. The third-order valence-corrected chi connectivity index (χ3v) is 4.46. The molecule has 1 amide bonds. The molecule has 0 aliphatic heterocycles. The molecule has 5 nitrogen and oxygen atoms in total. The summed E-state index contributed by atoms with van der Waals surface area (Å²) in [6.45, 7) is 3.77. The number of hydrogen-bond donors (Lipinski definition) is 2. The molecule has 0 fully saturated rings. The Bertz CT molecular complexity index is 942. The third-order valence-electron chi connectivity index (χ3n) is 3.53. The Morgan fingerprint density at radius 2 is 2.08 bits per heavy atom. The maximum atomic E-state index is 12.3. The number of nitriles is 1. The maximum Gasteiger partial charge on any atom is 0.246 e. The van der Waals surface area contributed by atoms with E-state index >= 15 is 0 Å². The first-order chi connectivity index (χ1) is 11.5. The molecule has 1 heterocycles. The number of aromatic nitrogens is 1. The van der Waals surface area contributed by atoms with E-state index in [9.17, 15) is 4.79 Å². The second-order valence-corrected chi connectivity index (χ2v) is 6.70. The van der Waals surface area contributed by atoms with Crippen LogP contribution in [0, 0.1) is 18.3 Å². The summed E-state index contributed by atoms with van der Waals surface area (Å²) in [5.74, 6) is -0.161.